The van der Waals surface area contributed by atoms with Crippen LogP contribution in [0.1, 0.15) is 40.0 Å². The summed E-state index contributed by atoms with van der Waals surface area (Å²) >= 11 is 0. The number of aromatic nitrogens is 2. The molecular weight excluding hydrogens is 453 g/mol. The molecule has 3 heterocycles. The van der Waals surface area contributed by atoms with Crippen molar-refractivity contribution in [1.29, 1.82) is 0 Å². The third kappa shape index (κ3) is 4.64. The van der Waals surface area contributed by atoms with Gasteiger partial charge in [0.05, 0.1) is 22.7 Å². The first-order valence-electron chi connectivity index (χ1n) is 11.5. The van der Waals surface area contributed by atoms with Gasteiger partial charge in [-0.2, -0.15) is 4.98 Å². The molecular formula is C25H24FN5O4. The van der Waals surface area contributed by atoms with Gasteiger partial charge in [-0.25, -0.2) is 9.37 Å². The third-order valence-corrected chi connectivity index (χ3v) is 6.37. The van der Waals surface area contributed by atoms with Gasteiger partial charge in [-0.3, -0.25) is 14.9 Å². The Morgan fingerprint density at radius 3 is 2.54 bits per heavy atom. The summed E-state index contributed by atoms with van der Waals surface area (Å²) in [4.78, 5) is 37.3. The van der Waals surface area contributed by atoms with E-state index in [4.69, 9.17) is 9.72 Å². The maximum Gasteiger partial charge on any atom is 0.273 e. The Kier molecular flexibility index (Phi) is 6.02. The summed E-state index contributed by atoms with van der Waals surface area (Å²) in [6.45, 7) is 3.99. The van der Waals surface area contributed by atoms with Crippen molar-refractivity contribution in [2.45, 2.75) is 32.7 Å². The number of benzene rings is 2. The average molecular weight is 477 g/mol. The van der Waals surface area contributed by atoms with E-state index in [2.05, 4.69) is 9.88 Å². The van der Waals surface area contributed by atoms with Crippen LogP contribution in [0.3, 0.4) is 0 Å². The normalized spacial score (nSPS) is 15.1. The molecule has 0 saturated carbocycles. The molecule has 2 aliphatic rings. The number of carbonyl (C=O) groups excluding carboxylic acids is 1. The molecule has 0 atom stereocenters. The topological polar surface area (TPSA) is 102 Å². The lowest BCUT2D eigenvalue weighted by molar-refractivity contribution is -0.385. The number of fused-ring (bicyclic) bond motifs is 1. The van der Waals surface area contributed by atoms with E-state index < -0.39 is 4.92 Å². The lowest BCUT2D eigenvalue weighted by Crippen LogP contribution is -2.37. The van der Waals surface area contributed by atoms with Crippen LogP contribution in [-0.2, 0) is 13.0 Å². The number of nitro groups is 1. The maximum atomic E-state index is 13.4. The number of amides is 1. The quantitative estimate of drug-likeness (QED) is 0.396. The number of rotatable bonds is 5. The number of carbonyl (C=O) groups is 1. The van der Waals surface area contributed by atoms with Crippen LogP contribution in [0.2, 0.25) is 0 Å². The van der Waals surface area contributed by atoms with E-state index in [1.54, 1.807) is 24.0 Å². The molecule has 0 unspecified atom stereocenters. The van der Waals surface area contributed by atoms with E-state index in [9.17, 15) is 19.3 Å². The van der Waals surface area contributed by atoms with Gasteiger partial charge in [0, 0.05) is 43.2 Å². The van der Waals surface area contributed by atoms with E-state index in [1.165, 1.54) is 30.3 Å². The molecule has 3 aromatic rings. The van der Waals surface area contributed by atoms with Gasteiger partial charge in [-0.05, 0) is 50.1 Å². The number of hydrogen-bond acceptors (Lipinski definition) is 7. The lowest BCUT2D eigenvalue weighted by atomic mass is 10.0. The highest BCUT2D eigenvalue weighted by atomic mass is 19.1. The minimum absolute atomic E-state index is 0.0906. The van der Waals surface area contributed by atoms with Crippen LogP contribution in [0.4, 0.5) is 16.0 Å². The smallest absolute Gasteiger partial charge is 0.273 e. The number of hydrogen-bond donors (Lipinski definition) is 0. The summed E-state index contributed by atoms with van der Waals surface area (Å²) in [5, 5.41) is 11.3. The zero-order chi connectivity index (χ0) is 24.5. The van der Waals surface area contributed by atoms with Crippen LogP contribution in [-0.4, -0.2) is 45.3 Å². The molecule has 0 aliphatic carbocycles. The fourth-order valence-corrected chi connectivity index (χ4v) is 4.42. The molecule has 180 valence electrons. The minimum Gasteiger partial charge on any atom is -0.438 e. The van der Waals surface area contributed by atoms with Crippen LogP contribution >= 0.6 is 0 Å². The summed E-state index contributed by atoms with van der Waals surface area (Å²) in [7, 11) is 0. The van der Waals surface area contributed by atoms with Gasteiger partial charge in [0.25, 0.3) is 11.6 Å². The van der Waals surface area contributed by atoms with Crippen molar-refractivity contribution in [2.75, 3.05) is 24.5 Å². The Morgan fingerprint density at radius 2 is 1.83 bits per heavy atom. The van der Waals surface area contributed by atoms with Crippen LogP contribution in [0.5, 0.6) is 11.6 Å². The Labute approximate surface area is 201 Å². The van der Waals surface area contributed by atoms with E-state index in [-0.39, 0.29) is 29.5 Å². The number of ether oxygens (including phenoxy) is 1. The predicted octanol–water partition coefficient (Wildman–Crippen LogP) is 4.42. The molecule has 0 spiro atoms. The van der Waals surface area contributed by atoms with Gasteiger partial charge < -0.3 is 14.5 Å². The molecule has 1 amide bonds. The third-order valence-electron chi connectivity index (χ3n) is 6.37. The summed E-state index contributed by atoms with van der Waals surface area (Å²) in [6.07, 6.45) is 2.64. The molecule has 0 N–H and O–H groups in total. The first-order valence-corrected chi connectivity index (χ1v) is 11.5. The number of nitrogens with zero attached hydrogens (tertiary/aromatic N) is 5. The average Bonchev–Trinajstić information content (AvgIpc) is 3.40. The molecule has 10 heteroatoms. The Hall–Kier alpha value is -4.08. The van der Waals surface area contributed by atoms with Gasteiger partial charge in [-0.1, -0.05) is 6.07 Å². The van der Waals surface area contributed by atoms with E-state index in [1.807, 2.05) is 0 Å². The fourth-order valence-electron chi connectivity index (χ4n) is 4.42. The molecule has 9 nitrogen and oxygen atoms in total. The molecule has 0 bridgehead atoms. The number of aryl methyl sites for hydroxylation is 1. The van der Waals surface area contributed by atoms with Crippen molar-refractivity contribution >= 4 is 17.5 Å². The van der Waals surface area contributed by atoms with Gasteiger partial charge in [0.1, 0.15) is 11.6 Å². The molecule has 5 rings (SSSR count). The first-order chi connectivity index (χ1) is 16.9. The molecule has 0 radical (unpaired) electrons. The van der Waals surface area contributed by atoms with E-state index >= 15 is 0 Å². The zero-order valence-corrected chi connectivity index (χ0v) is 19.2. The summed E-state index contributed by atoms with van der Waals surface area (Å²) in [5.41, 5.74) is 2.14. The van der Waals surface area contributed by atoms with Crippen LogP contribution in [0.25, 0.3) is 0 Å². The Morgan fingerprint density at radius 1 is 1.09 bits per heavy atom. The van der Waals surface area contributed by atoms with E-state index in [0.717, 1.165) is 31.6 Å². The highest BCUT2D eigenvalue weighted by molar-refractivity contribution is 5.95. The first kappa shape index (κ1) is 22.7. The highest BCUT2D eigenvalue weighted by Gasteiger charge is 2.29. The molecule has 35 heavy (non-hydrogen) atoms. The van der Waals surface area contributed by atoms with Gasteiger partial charge in [-0.15, -0.1) is 0 Å². The SMILES string of the molecule is Cc1ccc(C(=O)N2CCc3nc(N4CCCC4)nc(Oc4ccc(F)cc4)c3C2)cc1[N+](=O)[O-]. The zero-order valence-electron chi connectivity index (χ0n) is 19.2. The van der Waals surface area contributed by atoms with Gasteiger partial charge in [0.2, 0.25) is 11.8 Å². The van der Waals surface area contributed by atoms with Crippen LogP contribution in [0, 0.1) is 22.9 Å². The maximum absolute atomic E-state index is 13.4. The Bertz CT molecular complexity index is 1290. The Balaban J connectivity index is 1.47. The van der Waals surface area contributed by atoms with Crippen molar-refractivity contribution in [2.24, 2.45) is 0 Å². The molecule has 1 aromatic heterocycles. The molecule has 2 aliphatic heterocycles. The lowest BCUT2D eigenvalue weighted by Gasteiger charge is -2.30. The molecule has 2 aromatic carbocycles. The second kappa shape index (κ2) is 9.28. The van der Waals surface area contributed by atoms with Crippen LogP contribution < -0.4 is 9.64 Å². The standard InChI is InChI=1S/C25H24FN5O4/c1-16-4-5-17(14-22(16)31(33)34)24(32)30-13-10-21-20(15-30)23(35-19-8-6-18(26)7-9-19)28-25(27-21)29-11-2-3-12-29/h4-9,14H,2-3,10-13,15H2,1H3. The number of nitro benzene ring substituents is 1. The van der Waals surface area contributed by atoms with Crippen molar-refractivity contribution < 1.29 is 18.8 Å². The molecule has 1 fully saturated rings. The highest BCUT2D eigenvalue weighted by Crippen LogP contribution is 2.33. The van der Waals surface area contributed by atoms with Crippen molar-refractivity contribution in [3.05, 3.63) is 80.8 Å². The summed E-state index contributed by atoms with van der Waals surface area (Å²) in [5.74, 6) is 0.666. The summed E-state index contributed by atoms with van der Waals surface area (Å²) in [6, 6.07) is 10.2. The van der Waals surface area contributed by atoms with Gasteiger partial charge in [0.15, 0.2) is 0 Å². The van der Waals surface area contributed by atoms with Crippen molar-refractivity contribution in [1.82, 2.24) is 14.9 Å². The van der Waals surface area contributed by atoms with Crippen molar-refractivity contribution in [3.63, 3.8) is 0 Å². The monoisotopic (exact) mass is 477 g/mol. The second-order valence-electron chi connectivity index (χ2n) is 8.74. The minimum atomic E-state index is -0.486. The fraction of sp³-hybridized carbons (Fsp3) is 0.320. The number of anilines is 1. The predicted molar refractivity (Wildman–Crippen MR) is 126 cm³/mol. The summed E-state index contributed by atoms with van der Waals surface area (Å²) < 4.78 is 19.5. The molecule has 1 saturated heterocycles. The van der Waals surface area contributed by atoms with Crippen molar-refractivity contribution in [3.8, 4) is 11.6 Å². The largest absolute Gasteiger partial charge is 0.438 e. The van der Waals surface area contributed by atoms with Crippen LogP contribution in [0.15, 0.2) is 42.5 Å². The number of halogens is 1. The second-order valence-corrected chi connectivity index (χ2v) is 8.74. The van der Waals surface area contributed by atoms with Gasteiger partial charge >= 0.3 is 0 Å². The van der Waals surface area contributed by atoms with E-state index in [0.29, 0.717) is 41.7 Å².